The predicted octanol–water partition coefficient (Wildman–Crippen LogP) is -0.829. The van der Waals surface area contributed by atoms with Gasteiger partial charge in [-0.1, -0.05) is 17.7 Å². The van der Waals surface area contributed by atoms with E-state index in [1.807, 2.05) is 4.98 Å². The molecular weight excluding hydrogens is 386 g/mol. The van der Waals surface area contributed by atoms with Crippen molar-refractivity contribution in [3.8, 4) is 0 Å². The number of rotatable bonds is 4. The van der Waals surface area contributed by atoms with E-state index in [-0.39, 0.29) is 24.1 Å². The van der Waals surface area contributed by atoms with Crippen LogP contribution in [0.1, 0.15) is 9.67 Å². The van der Waals surface area contributed by atoms with Crippen LogP contribution in [0.5, 0.6) is 0 Å². The molecule has 2 aromatic rings. The van der Waals surface area contributed by atoms with Crippen LogP contribution in [-0.2, 0) is 11.3 Å². The smallest absolute Gasteiger partial charge is 0.328 e. The van der Waals surface area contributed by atoms with Gasteiger partial charge in [0.25, 0.3) is 11.5 Å². The van der Waals surface area contributed by atoms with E-state index in [1.54, 1.807) is 17.5 Å². The summed E-state index contributed by atoms with van der Waals surface area (Å²) in [5.41, 5.74) is -1.42. The summed E-state index contributed by atoms with van der Waals surface area (Å²) in [5, 5.41) is 24.8. The lowest BCUT2D eigenvalue weighted by Crippen LogP contribution is -2.60. The van der Waals surface area contributed by atoms with E-state index < -0.39 is 35.6 Å². The van der Waals surface area contributed by atoms with Gasteiger partial charge >= 0.3 is 5.69 Å². The van der Waals surface area contributed by atoms with Gasteiger partial charge in [-0.3, -0.25) is 19.1 Å². The summed E-state index contributed by atoms with van der Waals surface area (Å²) in [6.45, 7) is -0.176. The van der Waals surface area contributed by atoms with E-state index in [0.29, 0.717) is 4.88 Å². The molecule has 0 unspecified atom stereocenters. The molecule has 0 bridgehead atoms. The maximum Gasteiger partial charge on any atom is 0.328 e. The van der Waals surface area contributed by atoms with Crippen molar-refractivity contribution in [2.24, 2.45) is 0 Å². The summed E-state index contributed by atoms with van der Waals surface area (Å²) in [6, 6.07) is 2.57. The highest BCUT2D eigenvalue weighted by atomic mass is 35.5. The minimum atomic E-state index is -1.35. The topological polar surface area (TPSA) is 134 Å². The molecule has 3 heterocycles. The van der Waals surface area contributed by atoms with Crippen LogP contribution in [0.2, 0.25) is 5.02 Å². The number of nitrogens with zero attached hydrogens (tertiary/aromatic N) is 1. The van der Waals surface area contributed by atoms with Crippen molar-refractivity contribution in [1.29, 1.82) is 0 Å². The molecule has 26 heavy (non-hydrogen) atoms. The van der Waals surface area contributed by atoms with Gasteiger partial charge in [-0.15, -0.1) is 11.3 Å². The number of amides is 1. The molecule has 0 aliphatic carbocycles. The normalized spacial score (nSPS) is 25.8. The lowest BCUT2D eigenvalue weighted by Gasteiger charge is -2.38. The monoisotopic (exact) mass is 401 g/mol. The molecule has 1 aliphatic heterocycles. The number of halogens is 1. The van der Waals surface area contributed by atoms with Gasteiger partial charge in [-0.2, -0.15) is 0 Å². The highest BCUT2D eigenvalue weighted by Crippen LogP contribution is 2.18. The predicted molar refractivity (Wildman–Crippen MR) is 93.7 cm³/mol. The molecule has 1 amide bonds. The lowest BCUT2D eigenvalue weighted by atomic mass is 9.97. The first kappa shape index (κ1) is 18.8. The molecule has 3 rings (SSSR count). The van der Waals surface area contributed by atoms with Crippen LogP contribution in [0, 0.1) is 0 Å². The van der Waals surface area contributed by atoms with Gasteiger partial charge in [0, 0.05) is 6.20 Å². The first-order valence-corrected chi connectivity index (χ1v) is 8.94. The van der Waals surface area contributed by atoms with Gasteiger partial charge in [-0.05, 0) is 11.4 Å². The number of hydrogen-bond donors (Lipinski definition) is 4. The number of aliphatic hydroxyl groups is 2. The van der Waals surface area contributed by atoms with Gasteiger partial charge in [0.2, 0.25) is 0 Å². The third kappa shape index (κ3) is 3.89. The second-order valence-electron chi connectivity index (χ2n) is 5.80. The number of thiophene rings is 1. The second-order valence-corrected chi connectivity index (χ2v) is 7.15. The largest absolute Gasteiger partial charge is 0.388 e. The molecule has 1 fully saturated rings. The summed E-state index contributed by atoms with van der Waals surface area (Å²) in [7, 11) is 0. The molecule has 4 N–H and O–H groups in total. The van der Waals surface area contributed by atoms with Gasteiger partial charge in [-0.25, -0.2) is 4.79 Å². The SMILES string of the molecule is O=C(N[C@@H]1CO[C@H](Cn2cc(Cl)c(=O)[nH]c2=O)[C@@H](O)[C@H]1O)c1cccs1. The Morgan fingerprint density at radius 2 is 2.19 bits per heavy atom. The Kier molecular flexibility index (Phi) is 5.58. The van der Waals surface area contributed by atoms with Crippen LogP contribution in [0.25, 0.3) is 0 Å². The maximum atomic E-state index is 12.1. The van der Waals surface area contributed by atoms with Gasteiger partial charge in [0.1, 0.15) is 23.3 Å². The Balaban J connectivity index is 1.67. The number of carbonyl (C=O) groups is 1. The number of aromatic nitrogens is 2. The molecule has 140 valence electrons. The minimum Gasteiger partial charge on any atom is -0.388 e. The number of hydrogen-bond acceptors (Lipinski definition) is 7. The summed E-state index contributed by atoms with van der Waals surface area (Å²) in [4.78, 5) is 37.7. The van der Waals surface area contributed by atoms with Crippen LogP contribution in [-0.4, -0.2) is 56.6 Å². The van der Waals surface area contributed by atoms with E-state index in [2.05, 4.69) is 5.32 Å². The number of aromatic amines is 1. The number of ether oxygens (including phenoxy) is 1. The Bertz CT molecular complexity index is 896. The van der Waals surface area contributed by atoms with Crippen molar-refractivity contribution < 1.29 is 19.7 Å². The minimum absolute atomic E-state index is 0.0498. The highest BCUT2D eigenvalue weighted by Gasteiger charge is 2.39. The molecule has 2 aromatic heterocycles. The standard InChI is InChI=1S/C15H16ClN3O6S/c16-7-4-19(15(24)18-13(7)22)5-9-12(21)11(20)8(6-25-9)17-14(23)10-2-1-3-26-10/h1-4,8-9,11-12,20-21H,5-6H2,(H,17,23)(H,18,22,24)/t8-,9-,11+,12-/m1/s1. The van der Waals surface area contributed by atoms with Crippen LogP contribution >= 0.6 is 22.9 Å². The molecule has 0 radical (unpaired) electrons. The fraction of sp³-hybridized carbons (Fsp3) is 0.400. The van der Waals surface area contributed by atoms with Crippen molar-refractivity contribution in [1.82, 2.24) is 14.9 Å². The number of H-pyrrole nitrogens is 1. The van der Waals surface area contributed by atoms with Crippen LogP contribution in [0.4, 0.5) is 0 Å². The molecule has 0 spiro atoms. The second kappa shape index (κ2) is 7.72. The summed E-state index contributed by atoms with van der Waals surface area (Å²) in [6.07, 6.45) is -2.42. The maximum absolute atomic E-state index is 12.1. The summed E-state index contributed by atoms with van der Waals surface area (Å²) in [5.74, 6) is -0.373. The van der Waals surface area contributed by atoms with E-state index in [4.69, 9.17) is 16.3 Å². The third-order valence-corrected chi connectivity index (χ3v) is 5.18. The van der Waals surface area contributed by atoms with Gasteiger partial charge in [0.15, 0.2) is 0 Å². The number of carbonyl (C=O) groups excluding carboxylic acids is 1. The highest BCUT2D eigenvalue weighted by molar-refractivity contribution is 7.12. The molecule has 9 nitrogen and oxygen atoms in total. The molecule has 4 atom stereocenters. The Morgan fingerprint density at radius 3 is 2.88 bits per heavy atom. The Hall–Kier alpha value is -1.98. The summed E-state index contributed by atoms with van der Waals surface area (Å²) >= 11 is 6.95. The van der Waals surface area contributed by atoms with E-state index in [9.17, 15) is 24.6 Å². The van der Waals surface area contributed by atoms with Gasteiger partial charge < -0.3 is 20.3 Å². The first-order valence-electron chi connectivity index (χ1n) is 7.68. The quantitative estimate of drug-likeness (QED) is 0.528. The fourth-order valence-electron chi connectivity index (χ4n) is 2.63. The van der Waals surface area contributed by atoms with Crippen molar-refractivity contribution >= 4 is 28.8 Å². The summed E-state index contributed by atoms with van der Waals surface area (Å²) < 4.78 is 6.58. The molecule has 0 saturated carbocycles. The zero-order chi connectivity index (χ0) is 18.8. The average molecular weight is 402 g/mol. The van der Waals surface area contributed by atoms with Crippen LogP contribution < -0.4 is 16.6 Å². The van der Waals surface area contributed by atoms with Crippen LogP contribution in [0.3, 0.4) is 0 Å². The van der Waals surface area contributed by atoms with Crippen LogP contribution in [0.15, 0.2) is 33.3 Å². The van der Waals surface area contributed by atoms with E-state index >= 15 is 0 Å². The van der Waals surface area contributed by atoms with Gasteiger partial charge in [0.05, 0.1) is 24.1 Å². The van der Waals surface area contributed by atoms with Crippen molar-refractivity contribution in [3.63, 3.8) is 0 Å². The Morgan fingerprint density at radius 1 is 1.42 bits per heavy atom. The van der Waals surface area contributed by atoms with Crippen molar-refractivity contribution in [2.45, 2.75) is 30.9 Å². The first-order chi connectivity index (χ1) is 12.4. The molecule has 0 aromatic carbocycles. The molecular formula is C15H16ClN3O6S. The van der Waals surface area contributed by atoms with Crippen molar-refractivity contribution in [2.75, 3.05) is 6.61 Å². The number of aliphatic hydroxyl groups excluding tert-OH is 2. The zero-order valence-corrected chi connectivity index (χ0v) is 14.9. The van der Waals surface area contributed by atoms with E-state index in [0.717, 1.165) is 10.8 Å². The lowest BCUT2D eigenvalue weighted by molar-refractivity contribution is -0.152. The third-order valence-electron chi connectivity index (χ3n) is 4.04. The average Bonchev–Trinajstić information content (AvgIpc) is 3.14. The molecule has 1 aliphatic rings. The zero-order valence-electron chi connectivity index (χ0n) is 13.3. The van der Waals surface area contributed by atoms with E-state index in [1.165, 1.54) is 11.3 Å². The fourth-order valence-corrected chi connectivity index (χ4v) is 3.42. The Labute approximate surface area is 155 Å². The molecule has 11 heteroatoms. The molecule has 1 saturated heterocycles. The van der Waals surface area contributed by atoms with Crippen molar-refractivity contribution in [3.05, 3.63) is 54.4 Å². The number of nitrogens with one attached hydrogen (secondary N) is 2.